The van der Waals surface area contributed by atoms with Crippen molar-refractivity contribution in [1.29, 1.82) is 0 Å². The Balaban J connectivity index is 2.17. The zero-order chi connectivity index (χ0) is 14.9. The van der Waals surface area contributed by atoms with Crippen LogP contribution in [0.15, 0.2) is 5.38 Å². The molecule has 0 aromatic carbocycles. The Hall–Kier alpha value is -1.19. The molecule has 0 spiro atoms. The Morgan fingerprint density at radius 1 is 1.65 bits per heavy atom. The molecule has 0 bridgehead atoms. The number of ether oxygens (including phenoxy) is 1. The van der Waals surface area contributed by atoms with Gasteiger partial charge in [-0.15, -0.1) is 11.3 Å². The van der Waals surface area contributed by atoms with Crippen molar-refractivity contribution in [2.24, 2.45) is 0 Å². The van der Waals surface area contributed by atoms with E-state index < -0.39 is 20.3 Å². The van der Waals surface area contributed by atoms with Gasteiger partial charge in [0.15, 0.2) is 10.8 Å². The molecule has 7 nitrogen and oxygen atoms in total. The average molecular weight is 339 g/mol. The van der Waals surface area contributed by atoms with Crippen LogP contribution in [0.4, 0.5) is 5.13 Å². The van der Waals surface area contributed by atoms with Crippen molar-refractivity contribution in [3.63, 3.8) is 0 Å². The summed E-state index contributed by atoms with van der Waals surface area (Å²) in [5.41, 5.74) is 0.0943. The van der Waals surface area contributed by atoms with Crippen LogP contribution in [-0.2, 0) is 18.6 Å². The van der Waals surface area contributed by atoms with Crippen LogP contribution in [0, 0.1) is 0 Å². The van der Waals surface area contributed by atoms with Crippen molar-refractivity contribution in [3.8, 4) is 0 Å². The van der Waals surface area contributed by atoms with Crippen molar-refractivity contribution in [1.82, 2.24) is 4.98 Å². The number of halogens is 1. The van der Waals surface area contributed by atoms with Gasteiger partial charge in [0.2, 0.25) is 15.0 Å². The second-order valence-corrected chi connectivity index (χ2v) is 7.79. The average Bonchev–Trinajstić information content (AvgIpc) is 2.94. The number of hydrogen-bond donors (Lipinski definition) is 0. The Morgan fingerprint density at radius 2 is 2.35 bits per heavy atom. The van der Waals surface area contributed by atoms with E-state index in [0.29, 0.717) is 0 Å². The SMILES string of the molecule is CCOC(=O)c1csc(N2CC(S(=O)(=O)Cl)CC2=O)n1. The van der Waals surface area contributed by atoms with E-state index in [-0.39, 0.29) is 36.3 Å². The maximum Gasteiger partial charge on any atom is 0.357 e. The summed E-state index contributed by atoms with van der Waals surface area (Å²) in [5, 5.41) is 0.774. The van der Waals surface area contributed by atoms with Crippen LogP contribution in [0.2, 0.25) is 0 Å². The zero-order valence-corrected chi connectivity index (χ0v) is 12.8. The van der Waals surface area contributed by atoms with Crippen molar-refractivity contribution < 1.29 is 22.7 Å². The first-order valence-corrected chi connectivity index (χ1v) is 8.94. The fourth-order valence-corrected chi connectivity index (χ4v) is 3.58. The molecular formula is C10H11ClN2O5S2. The summed E-state index contributed by atoms with van der Waals surface area (Å²) in [6.45, 7) is 1.84. The van der Waals surface area contributed by atoms with Crippen molar-refractivity contribution >= 4 is 48.1 Å². The number of thiazole rings is 1. The molecule has 2 heterocycles. The Bertz CT molecular complexity index is 642. The predicted octanol–water partition coefficient (Wildman–Crippen LogP) is 0.994. The molecule has 1 aromatic heterocycles. The van der Waals surface area contributed by atoms with E-state index in [1.165, 1.54) is 10.3 Å². The molecule has 1 unspecified atom stereocenters. The van der Waals surface area contributed by atoms with Crippen molar-refractivity contribution in [2.75, 3.05) is 18.1 Å². The molecule has 1 atom stereocenters. The molecule has 0 radical (unpaired) electrons. The van der Waals surface area contributed by atoms with Gasteiger partial charge in [-0.25, -0.2) is 18.2 Å². The molecule has 0 N–H and O–H groups in total. The summed E-state index contributed by atoms with van der Waals surface area (Å²) in [7, 11) is 1.46. The molecule has 110 valence electrons. The highest BCUT2D eigenvalue weighted by Crippen LogP contribution is 2.29. The molecule has 1 fully saturated rings. The Kier molecular flexibility index (Phi) is 4.31. The molecule has 1 aliphatic heterocycles. The number of rotatable bonds is 4. The molecule has 10 heteroatoms. The molecule has 1 saturated heterocycles. The molecule has 20 heavy (non-hydrogen) atoms. The minimum absolute atomic E-state index is 0.0551. The summed E-state index contributed by atoms with van der Waals surface area (Å²) < 4.78 is 27.3. The van der Waals surface area contributed by atoms with Crippen LogP contribution in [0.3, 0.4) is 0 Å². The lowest BCUT2D eigenvalue weighted by atomic mass is 10.4. The van der Waals surface area contributed by atoms with E-state index in [0.717, 1.165) is 11.3 Å². The molecule has 1 aromatic rings. The van der Waals surface area contributed by atoms with Gasteiger partial charge in [-0.05, 0) is 6.92 Å². The topological polar surface area (TPSA) is 93.6 Å². The summed E-state index contributed by atoms with van der Waals surface area (Å²) in [6, 6.07) is 0. The van der Waals surface area contributed by atoms with Crippen molar-refractivity contribution in [2.45, 2.75) is 18.6 Å². The summed E-state index contributed by atoms with van der Waals surface area (Å²) in [6.07, 6.45) is -0.180. The van der Waals surface area contributed by atoms with Crippen LogP contribution < -0.4 is 4.90 Å². The quantitative estimate of drug-likeness (QED) is 0.600. The van der Waals surface area contributed by atoms with E-state index in [9.17, 15) is 18.0 Å². The molecule has 0 saturated carbocycles. The number of nitrogens with zero attached hydrogens (tertiary/aromatic N) is 2. The van der Waals surface area contributed by atoms with Gasteiger partial charge < -0.3 is 4.74 Å². The third kappa shape index (κ3) is 3.10. The lowest BCUT2D eigenvalue weighted by molar-refractivity contribution is -0.117. The lowest BCUT2D eigenvalue weighted by Crippen LogP contribution is -2.26. The van der Waals surface area contributed by atoms with E-state index in [1.807, 2.05) is 0 Å². The summed E-state index contributed by atoms with van der Waals surface area (Å²) in [5.74, 6) is -0.966. The van der Waals surface area contributed by atoms with Gasteiger partial charge in [0.1, 0.15) is 5.25 Å². The van der Waals surface area contributed by atoms with Crippen LogP contribution >= 0.6 is 22.0 Å². The van der Waals surface area contributed by atoms with E-state index in [4.69, 9.17) is 15.4 Å². The van der Waals surface area contributed by atoms with Gasteiger partial charge >= 0.3 is 5.97 Å². The maximum absolute atomic E-state index is 11.8. The smallest absolute Gasteiger partial charge is 0.357 e. The highest BCUT2D eigenvalue weighted by Gasteiger charge is 2.39. The predicted molar refractivity (Wildman–Crippen MR) is 73.6 cm³/mol. The lowest BCUT2D eigenvalue weighted by Gasteiger charge is -2.11. The normalized spacial score (nSPS) is 19.4. The Labute approximate surface area is 123 Å². The van der Waals surface area contributed by atoms with Crippen molar-refractivity contribution in [3.05, 3.63) is 11.1 Å². The van der Waals surface area contributed by atoms with Crippen LogP contribution in [-0.4, -0.2) is 43.7 Å². The second kappa shape index (κ2) is 5.66. The first-order chi connectivity index (χ1) is 9.32. The van der Waals surface area contributed by atoms with Gasteiger partial charge in [-0.3, -0.25) is 9.69 Å². The van der Waals surface area contributed by atoms with E-state index in [1.54, 1.807) is 6.92 Å². The Morgan fingerprint density at radius 3 is 2.90 bits per heavy atom. The molecule has 1 amide bonds. The fourth-order valence-electron chi connectivity index (χ4n) is 1.74. The number of anilines is 1. The highest BCUT2D eigenvalue weighted by molar-refractivity contribution is 8.14. The first kappa shape index (κ1) is 15.2. The number of aromatic nitrogens is 1. The molecular weight excluding hydrogens is 328 g/mol. The van der Waals surface area contributed by atoms with E-state index in [2.05, 4.69) is 4.98 Å². The minimum atomic E-state index is -3.80. The van der Waals surface area contributed by atoms with Gasteiger partial charge in [0.25, 0.3) is 0 Å². The number of carbonyl (C=O) groups is 2. The monoisotopic (exact) mass is 338 g/mol. The first-order valence-electron chi connectivity index (χ1n) is 5.69. The number of hydrogen-bond acceptors (Lipinski definition) is 7. The maximum atomic E-state index is 11.8. The summed E-state index contributed by atoms with van der Waals surface area (Å²) >= 11 is 1.07. The molecule has 2 rings (SSSR count). The number of carbonyl (C=O) groups excluding carboxylic acids is 2. The minimum Gasteiger partial charge on any atom is -0.461 e. The third-order valence-electron chi connectivity index (χ3n) is 2.70. The zero-order valence-electron chi connectivity index (χ0n) is 10.4. The van der Waals surface area contributed by atoms with Crippen LogP contribution in [0.25, 0.3) is 0 Å². The summed E-state index contributed by atoms with van der Waals surface area (Å²) in [4.78, 5) is 28.5. The van der Waals surface area contributed by atoms with Crippen LogP contribution in [0.5, 0.6) is 0 Å². The van der Waals surface area contributed by atoms with Gasteiger partial charge in [-0.2, -0.15) is 0 Å². The van der Waals surface area contributed by atoms with Gasteiger partial charge in [0, 0.05) is 29.0 Å². The van der Waals surface area contributed by atoms with Gasteiger partial charge in [0.05, 0.1) is 6.61 Å². The number of esters is 1. The standard InChI is InChI=1S/C10H11ClN2O5S2/c1-2-18-9(15)7-5-19-10(12-7)13-4-6(3-8(13)14)20(11,16)17/h5-6H,2-4H2,1H3. The third-order valence-corrected chi connectivity index (χ3v) is 5.43. The van der Waals surface area contributed by atoms with E-state index >= 15 is 0 Å². The fraction of sp³-hybridized carbons (Fsp3) is 0.500. The van der Waals surface area contributed by atoms with Crippen LogP contribution in [0.1, 0.15) is 23.8 Å². The number of amides is 1. The largest absolute Gasteiger partial charge is 0.461 e. The molecule has 1 aliphatic rings. The second-order valence-electron chi connectivity index (χ2n) is 4.04. The highest BCUT2D eigenvalue weighted by atomic mass is 35.7. The van der Waals surface area contributed by atoms with Gasteiger partial charge in [-0.1, -0.05) is 0 Å². The molecule has 0 aliphatic carbocycles.